The first kappa shape index (κ1) is 18.4. The number of fused-ring (bicyclic) bond motifs is 1. The molecule has 1 atom stereocenters. The van der Waals surface area contributed by atoms with Crippen molar-refractivity contribution in [3.05, 3.63) is 63.7 Å². The molecule has 8 nitrogen and oxygen atoms in total. The largest absolute Gasteiger partial charge is 0.459 e. The zero-order valence-corrected chi connectivity index (χ0v) is 16.0. The molecule has 0 spiro atoms. The summed E-state index contributed by atoms with van der Waals surface area (Å²) >= 11 is 6.04. The van der Waals surface area contributed by atoms with E-state index in [0.29, 0.717) is 52.4 Å². The van der Waals surface area contributed by atoms with Gasteiger partial charge >= 0.3 is 0 Å². The van der Waals surface area contributed by atoms with E-state index in [9.17, 15) is 4.79 Å². The molecule has 0 bridgehead atoms. The number of furan rings is 1. The molecule has 1 aromatic carbocycles. The Labute approximate surface area is 165 Å². The number of quaternary nitrogens is 1. The van der Waals surface area contributed by atoms with Gasteiger partial charge in [0, 0.05) is 5.02 Å². The predicted octanol–water partition coefficient (Wildman–Crippen LogP) is 2.21. The summed E-state index contributed by atoms with van der Waals surface area (Å²) in [5, 5.41) is 9.20. The molecule has 0 amide bonds. The van der Waals surface area contributed by atoms with Crippen molar-refractivity contribution in [1.82, 2.24) is 20.2 Å². The Kier molecular flexibility index (Phi) is 5.23. The van der Waals surface area contributed by atoms with E-state index in [1.807, 2.05) is 0 Å². The van der Waals surface area contributed by atoms with Crippen LogP contribution in [0.1, 0.15) is 25.1 Å². The number of nitrogens with zero attached hydrogens (tertiary/aromatic N) is 3. The first-order chi connectivity index (χ1) is 13.6. The van der Waals surface area contributed by atoms with Crippen molar-refractivity contribution in [3.8, 4) is 11.7 Å². The van der Waals surface area contributed by atoms with E-state index in [1.54, 1.807) is 36.6 Å². The van der Waals surface area contributed by atoms with Gasteiger partial charge < -0.3 is 18.7 Å². The molecule has 0 aliphatic rings. The first-order valence-electron chi connectivity index (χ1n) is 9.00. The number of nitrogens with one attached hydrogen (secondary N) is 2. The summed E-state index contributed by atoms with van der Waals surface area (Å²) in [7, 11) is 0. The smallest absolute Gasteiger partial charge is 0.283 e. The van der Waals surface area contributed by atoms with Gasteiger partial charge in [-0.2, -0.15) is 0 Å². The quantitative estimate of drug-likeness (QED) is 0.493. The standard InChI is InChI=1S/C19H18ClN5O3/c1-2-7-25(11-17-23-24-19(28-17)15-4-3-8-27-15)10-16-21-14-9-12(20)5-6-13(14)18(26)22-16/h3-6,8-9H,2,7,10-11H2,1H3,(H,21,22,26)/p+1. The highest BCUT2D eigenvalue weighted by atomic mass is 35.5. The molecule has 0 saturated heterocycles. The Bertz CT molecular complexity index is 1140. The fourth-order valence-corrected chi connectivity index (χ4v) is 3.28. The van der Waals surface area contributed by atoms with E-state index in [2.05, 4.69) is 27.1 Å². The maximum absolute atomic E-state index is 12.3. The lowest BCUT2D eigenvalue weighted by Crippen LogP contribution is -3.09. The van der Waals surface area contributed by atoms with Crippen LogP contribution >= 0.6 is 11.6 Å². The molecule has 4 rings (SSSR count). The number of rotatable bonds is 7. The molecule has 3 aromatic heterocycles. The van der Waals surface area contributed by atoms with E-state index in [1.165, 1.54) is 0 Å². The van der Waals surface area contributed by atoms with Crippen LogP contribution in [-0.4, -0.2) is 26.7 Å². The zero-order chi connectivity index (χ0) is 19.5. The van der Waals surface area contributed by atoms with Crippen LogP contribution in [0.25, 0.3) is 22.6 Å². The van der Waals surface area contributed by atoms with E-state index in [-0.39, 0.29) is 5.56 Å². The number of hydrogen-bond acceptors (Lipinski definition) is 6. The topological polar surface area (TPSA) is 102 Å². The highest BCUT2D eigenvalue weighted by Crippen LogP contribution is 2.17. The van der Waals surface area contributed by atoms with Gasteiger partial charge in [0.05, 0.1) is 23.7 Å². The number of benzene rings is 1. The Morgan fingerprint density at radius 2 is 2.11 bits per heavy atom. The lowest BCUT2D eigenvalue weighted by molar-refractivity contribution is -0.929. The maximum atomic E-state index is 12.3. The highest BCUT2D eigenvalue weighted by molar-refractivity contribution is 6.31. The van der Waals surface area contributed by atoms with Crippen molar-refractivity contribution in [1.29, 1.82) is 0 Å². The van der Waals surface area contributed by atoms with Crippen LogP contribution in [0.5, 0.6) is 0 Å². The van der Waals surface area contributed by atoms with Gasteiger partial charge in [-0.25, -0.2) is 4.98 Å². The summed E-state index contributed by atoms with van der Waals surface area (Å²) in [5.41, 5.74) is 0.408. The lowest BCUT2D eigenvalue weighted by atomic mass is 10.2. The molecule has 1 unspecified atom stereocenters. The summed E-state index contributed by atoms with van der Waals surface area (Å²) in [6.45, 7) is 3.98. The molecule has 144 valence electrons. The van der Waals surface area contributed by atoms with E-state index in [4.69, 9.17) is 20.4 Å². The molecule has 9 heteroatoms. The number of H-pyrrole nitrogens is 1. The van der Waals surface area contributed by atoms with Crippen LogP contribution in [-0.2, 0) is 13.1 Å². The predicted molar refractivity (Wildman–Crippen MR) is 103 cm³/mol. The summed E-state index contributed by atoms with van der Waals surface area (Å²) in [6.07, 6.45) is 2.51. The molecule has 28 heavy (non-hydrogen) atoms. The first-order valence-corrected chi connectivity index (χ1v) is 9.38. The third kappa shape index (κ3) is 3.97. The van der Waals surface area contributed by atoms with Gasteiger partial charge in [0.15, 0.2) is 18.1 Å². The minimum atomic E-state index is -0.176. The van der Waals surface area contributed by atoms with Gasteiger partial charge in [-0.15, -0.1) is 10.2 Å². The molecule has 0 radical (unpaired) electrons. The number of halogens is 1. The monoisotopic (exact) mass is 400 g/mol. The molecule has 0 saturated carbocycles. The third-order valence-electron chi connectivity index (χ3n) is 4.34. The average Bonchev–Trinajstić information content (AvgIpc) is 3.33. The van der Waals surface area contributed by atoms with Crippen molar-refractivity contribution in [2.24, 2.45) is 0 Å². The minimum absolute atomic E-state index is 0.176. The van der Waals surface area contributed by atoms with E-state index >= 15 is 0 Å². The number of hydrogen-bond donors (Lipinski definition) is 2. The molecule has 0 fully saturated rings. The van der Waals surface area contributed by atoms with Crippen molar-refractivity contribution in [3.63, 3.8) is 0 Å². The Balaban J connectivity index is 1.55. The second-order valence-corrected chi connectivity index (χ2v) is 6.94. The van der Waals surface area contributed by atoms with Crippen LogP contribution < -0.4 is 10.5 Å². The lowest BCUT2D eigenvalue weighted by Gasteiger charge is -2.16. The van der Waals surface area contributed by atoms with Crippen molar-refractivity contribution in [2.75, 3.05) is 6.54 Å². The van der Waals surface area contributed by atoms with Gasteiger partial charge in [0.25, 0.3) is 17.3 Å². The second-order valence-electron chi connectivity index (χ2n) is 6.51. The van der Waals surface area contributed by atoms with Gasteiger partial charge in [-0.1, -0.05) is 18.5 Å². The van der Waals surface area contributed by atoms with Crippen LogP contribution in [0.15, 0.2) is 50.2 Å². The van der Waals surface area contributed by atoms with Crippen LogP contribution in [0, 0.1) is 0 Å². The SMILES string of the molecule is CCC[NH+](Cc1nc2cc(Cl)ccc2c(=O)[nH]1)Cc1nnc(-c2ccco2)o1. The molecule has 4 aromatic rings. The molecule has 0 aliphatic heterocycles. The van der Waals surface area contributed by atoms with Crippen molar-refractivity contribution in [2.45, 2.75) is 26.4 Å². The summed E-state index contributed by atoms with van der Waals surface area (Å²) in [6, 6.07) is 8.59. The van der Waals surface area contributed by atoms with E-state index < -0.39 is 0 Å². The molecule has 0 aliphatic carbocycles. The maximum Gasteiger partial charge on any atom is 0.283 e. The minimum Gasteiger partial charge on any atom is -0.459 e. The highest BCUT2D eigenvalue weighted by Gasteiger charge is 2.18. The number of aromatic amines is 1. The molecular formula is C19H19ClN5O3+. The van der Waals surface area contributed by atoms with Crippen molar-refractivity contribution < 1.29 is 13.7 Å². The van der Waals surface area contributed by atoms with Gasteiger partial charge in [-0.3, -0.25) is 4.79 Å². The normalized spacial score (nSPS) is 12.5. The average molecular weight is 401 g/mol. The summed E-state index contributed by atoms with van der Waals surface area (Å²) in [4.78, 5) is 20.9. The van der Waals surface area contributed by atoms with Gasteiger partial charge in [0.1, 0.15) is 6.54 Å². The van der Waals surface area contributed by atoms with Gasteiger partial charge in [-0.05, 0) is 36.8 Å². The number of aromatic nitrogens is 4. The Hall–Kier alpha value is -2.97. The Morgan fingerprint density at radius 1 is 1.21 bits per heavy atom. The second kappa shape index (κ2) is 7.95. The van der Waals surface area contributed by atoms with Crippen molar-refractivity contribution >= 4 is 22.5 Å². The van der Waals surface area contributed by atoms with Crippen LogP contribution in [0.4, 0.5) is 0 Å². The fraction of sp³-hybridized carbons (Fsp3) is 0.263. The Morgan fingerprint density at radius 3 is 2.89 bits per heavy atom. The third-order valence-corrected chi connectivity index (χ3v) is 4.57. The van der Waals surface area contributed by atoms with Crippen LogP contribution in [0.3, 0.4) is 0 Å². The van der Waals surface area contributed by atoms with E-state index in [0.717, 1.165) is 17.9 Å². The molecular weight excluding hydrogens is 382 g/mol. The summed E-state index contributed by atoms with van der Waals surface area (Å²) in [5.74, 6) is 1.98. The van der Waals surface area contributed by atoms with Crippen LogP contribution in [0.2, 0.25) is 5.02 Å². The molecule has 3 heterocycles. The molecule has 2 N–H and O–H groups in total. The fourth-order valence-electron chi connectivity index (χ4n) is 3.11. The summed E-state index contributed by atoms with van der Waals surface area (Å²) < 4.78 is 11.0. The zero-order valence-electron chi connectivity index (χ0n) is 15.2. The van der Waals surface area contributed by atoms with Gasteiger partial charge in [0.2, 0.25) is 0 Å².